The maximum absolute atomic E-state index is 13.9. The summed E-state index contributed by atoms with van der Waals surface area (Å²) in [5, 5.41) is 3.01. The van der Waals surface area contributed by atoms with Crippen LogP contribution < -0.4 is 5.32 Å². The van der Waals surface area contributed by atoms with Crippen LogP contribution in [0.5, 0.6) is 0 Å². The highest BCUT2D eigenvalue weighted by Gasteiger charge is 2.44. The third-order valence-electron chi connectivity index (χ3n) is 5.47. The summed E-state index contributed by atoms with van der Waals surface area (Å²) in [5.74, 6) is -0.320. The molecule has 2 aliphatic heterocycles. The number of urea groups is 1. The number of benzene rings is 1. The molecule has 0 saturated carbocycles. The van der Waals surface area contributed by atoms with E-state index in [1.54, 1.807) is 13.1 Å². The molecule has 1 N–H and O–H groups in total. The monoisotopic (exact) mass is 339 g/mol. The van der Waals surface area contributed by atoms with Gasteiger partial charge in [0.2, 0.25) is 0 Å². The van der Waals surface area contributed by atoms with E-state index in [0.717, 1.165) is 41.6 Å². The number of carbonyl (C=O) groups excluding carboxylic acids is 1. The Bertz CT molecular complexity index is 822. The van der Waals surface area contributed by atoms with Crippen LogP contribution in [0.15, 0.2) is 30.5 Å². The number of aryl methyl sites for hydroxylation is 2. The van der Waals surface area contributed by atoms with Crippen LogP contribution in [0.4, 0.5) is 14.9 Å². The van der Waals surface area contributed by atoms with E-state index in [2.05, 4.69) is 10.3 Å². The van der Waals surface area contributed by atoms with Crippen LogP contribution in [0.2, 0.25) is 0 Å². The van der Waals surface area contributed by atoms with Crippen molar-refractivity contribution in [3.63, 3.8) is 0 Å². The molecule has 0 spiro atoms. The van der Waals surface area contributed by atoms with E-state index in [1.807, 2.05) is 30.0 Å². The summed E-state index contributed by atoms with van der Waals surface area (Å²) < 4.78 is 13.9. The van der Waals surface area contributed by atoms with Crippen molar-refractivity contribution in [2.75, 3.05) is 5.32 Å². The van der Waals surface area contributed by atoms with E-state index in [4.69, 9.17) is 0 Å². The Balaban J connectivity index is 1.57. The third kappa shape index (κ3) is 2.88. The van der Waals surface area contributed by atoms with Gasteiger partial charge in [0.15, 0.2) is 0 Å². The van der Waals surface area contributed by atoms with Gasteiger partial charge in [-0.25, -0.2) is 9.18 Å². The number of amides is 2. The van der Waals surface area contributed by atoms with Crippen molar-refractivity contribution in [3.05, 3.63) is 47.5 Å². The van der Waals surface area contributed by atoms with Crippen LogP contribution >= 0.6 is 0 Å². The minimum Gasteiger partial charge on any atom is -0.318 e. The lowest BCUT2D eigenvalue weighted by Gasteiger charge is -2.52. The van der Waals surface area contributed by atoms with Crippen molar-refractivity contribution in [2.45, 2.75) is 51.6 Å². The Morgan fingerprint density at radius 3 is 2.68 bits per heavy atom. The number of nitrogens with one attached hydrogen (secondary N) is 1. The topological polar surface area (TPSA) is 45.2 Å². The number of pyridine rings is 1. The highest BCUT2D eigenvalue weighted by atomic mass is 19.1. The Morgan fingerprint density at radius 1 is 1.24 bits per heavy atom. The van der Waals surface area contributed by atoms with Gasteiger partial charge in [0.1, 0.15) is 5.82 Å². The molecule has 4 rings (SSSR count). The number of fused-ring (bicyclic) bond motifs is 2. The molecule has 2 aromatic rings. The van der Waals surface area contributed by atoms with Gasteiger partial charge in [0.25, 0.3) is 0 Å². The number of hydrogen-bond donors (Lipinski definition) is 1. The van der Waals surface area contributed by atoms with Crippen molar-refractivity contribution in [2.24, 2.45) is 0 Å². The fraction of sp³-hybridized carbons (Fsp3) is 0.400. The smallest absolute Gasteiger partial charge is 0.318 e. The second-order valence-electron chi connectivity index (χ2n) is 7.13. The largest absolute Gasteiger partial charge is 0.322 e. The minimum atomic E-state index is -0.320. The average molecular weight is 339 g/mol. The predicted molar refractivity (Wildman–Crippen MR) is 96.0 cm³/mol. The van der Waals surface area contributed by atoms with Crippen molar-refractivity contribution in [1.29, 1.82) is 0 Å². The zero-order chi connectivity index (χ0) is 17.6. The maximum atomic E-state index is 13.9. The molecule has 2 unspecified atom stereocenters. The van der Waals surface area contributed by atoms with Gasteiger partial charge in [-0.2, -0.15) is 0 Å². The van der Waals surface area contributed by atoms with E-state index in [0.29, 0.717) is 17.8 Å². The highest BCUT2D eigenvalue weighted by Crippen LogP contribution is 2.38. The highest BCUT2D eigenvalue weighted by molar-refractivity contribution is 5.91. The van der Waals surface area contributed by atoms with Crippen LogP contribution in [0, 0.1) is 19.7 Å². The van der Waals surface area contributed by atoms with Crippen molar-refractivity contribution >= 4 is 11.7 Å². The summed E-state index contributed by atoms with van der Waals surface area (Å²) in [5.41, 5.74) is 3.74. The molecule has 0 radical (unpaired) electrons. The lowest BCUT2D eigenvalue weighted by atomic mass is 9.80. The van der Waals surface area contributed by atoms with Gasteiger partial charge in [-0.15, -0.1) is 0 Å². The predicted octanol–water partition coefficient (Wildman–Crippen LogP) is 4.66. The Labute approximate surface area is 147 Å². The first kappa shape index (κ1) is 16.1. The maximum Gasteiger partial charge on any atom is 0.322 e. The first-order valence-electron chi connectivity index (χ1n) is 8.85. The SMILES string of the molecule is Cc1ccc(NC(=O)N2C3CCCC2C3)cc1-c1cnc(C)c(F)c1. The summed E-state index contributed by atoms with van der Waals surface area (Å²) in [6.07, 6.45) is 6.25. The Morgan fingerprint density at radius 2 is 2.00 bits per heavy atom. The number of rotatable bonds is 2. The number of halogens is 1. The summed E-state index contributed by atoms with van der Waals surface area (Å²) >= 11 is 0. The molecule has 4 nitrogen and oxygen atoms in total. The first-order chi connectivity index (χ1) is 12.0. The summed E-state index contributed by atoms with van der Waals surface area (Å²) in [4.78, 5) is 18.7. The van der Waals surface area contributed by atoms with Gasteiger partial charge in [-0.3, -0.25) is 4.98 Å². The zero-order valence-corrected chi connectivity index (χ0v) is 14.6. The molecule has 3 heterocycles. The molecule has 2 saturated heterocycles. The second-order valence-corrected chi connectivity index (χ2v) is 7.13. The number of aromatic nitrogens is 1. The fourth-order valence-electron chi connectivity index (χ4n) is 3.99. The van der Waals surface area contributed by atoms with E-state index in [-0.39, 0.29) is 11.8 Å². The number of piperidine rings is 1. The van der Waals surface area contributed by atoms with Crippen LogP contribution in [0.25, 0.3) is 11.1 Å². The number of nitrogens with zero attached hydrogens (tertiary/aromatic N) is 2. The quantitative estimate of drug-likeness (QED) is 0.864. The standard InChI is InChI=1S/C20H22FN3O/c1-12-6-7-15(9-18(12)14-8-19(21)13(2)22-11-14)23-20(25)24-16-4-3-5-17(24)10-16/h6-9,11,16-17H,3-5,10H2,1-2H3,(H,23,25). The number of anilines is 1. The molecule has 25 heavy (non-hydrogen) atoms. The average Bonchev–Trinajstić information content (AvgIpc) is 2.59. The normalized spacial score (nSPS) is 21.6. The molecule has 1 aromatic carbocycles. The Hall–Kier alpha value is -2.43. The summed E-state index contributed by atoms with van der Waals surface area (Å²) in [6, 6.07) is 8.01. The molecule has 2 bridgehead atoms. The molecule has 2 aliphatic rings. The van der Waals surface area contributed by atoms with E-state index < -0.39 is 0 Å². The van der Waals surface area contributed by atoms with Gasteiger partial charge >= 0.3 is 6.03 Å². The van der Waals surface area contributed by atoms with E-state index >= 15 is 0 Å². The van der Waals surface area contributed by atoms with Crippen LogP contribution in [-0.2, 0) is 0 Å². The number of hydrogen-bond acceptors (Lipinski definition) is 2. The van der Waals surface area contributed by atoms with Crippen LogP contribution in [0.1, 0.15) is 36.9 Å². The number of carbonyl (C=O) groups is 1. The van der Waals surface area contributed by atoms with Gasteiger partial charge in [0, 0.05) is 29.5 Å². The van der Waals surface area contributed by atoms with Crippen molar-refractivity contribution in [3.8, 4) is 11.1 Å². The molecular weight excluding hydrogens is 317 g/mol. The molecule has 2 amide bonds. The van der Waals surface area contributed by atoms with Crippen molar-refractivity contribution in [1.82, 2.24) is 9.88 Å². The van der Waals surface area contributed by atoms with Crippen LogP contribution in [-0.4, -0.2) is 28.0 Å². The summed E-state index contributed by atoms with van der Waals surface area (Å²) in [6.45, 7) is 3.62. The minimum absolute atomic E-state index is 0.0241. The molecule has 2 fully saturated rings. The lowest BCUT2D eigenvalue weighted by molar-refractivity contribution is 0.0173. The lowest BCUT2D eigenvalue weighted by Crippen LogP contribution is -2.62. The molecule has 5 heteroatoms. The van der Waals surface area contributed by atoms with Gasteiger partial charge < -0.3 is 10.2 Å². The molecule has 1 aromatic heterocycles. The molecule has 130 valence electrons. The van der Waals surface area contributed by atoms with Gasteiger partial charge in [-0.1, -0.05) is 6.07 Å². The third-order valence-corrected chi connectivity index (χ3v) is 5.47. The Kier molecular flexibility index (Phi) is 3.94. The molecule has 0 aliphatic carbocycles. The van der Waals surface area contributed by atoms with Gasteiger partial charge in [-0.05, 0) is 68.9 Å². The van der Waals surface area contributed by atoms with Crippen LogP contribution in [0.3, 0.4) is 0 Å². The zero-order valence-electron chi connectivity index (χ0n) is 14.6. The van der Waals surface area contributed by atoms with E-state index in [9.17, 15) is 9.18 Å². The van der Waals surface area contributed by atoms with E-state index in [1.165, 1.54) is 12.5 Å². The first-order valence-corrected chi connectivity index (χ1v) is 8.85. The van der Waals surface area contributed by atoms with Crippen molar-refractivity contribution < 1.29 is 9.18 Å². The summed E-state index contributed by atoms with van der Waals surface area (Å²) in [7, 11) is 0. The second kappa shape index (κ2) is 6.14. The van der Waals surface area contributed by atoms with Gasteiger partial charge in [0.05, 0.1) is 5.69 Å². The molecular formula is C20H22FN3O. The fourth-order valence-corrected chi connectivity index (χ4v) is 3.99. The molecule has 2 atom stereocenters.